The van der Waals surface area contributed by atoms with Gasteiger partial charge in [0.15, 0.2) is 0 Å². The summed E-state index contributed by atoms with van der Waals surface area (Å²) in [5.41, 5.74) is 1.13. The van der Waals surface area contributed by atoms with E-state index < -0.39 is 12.0 Å². The van der Waals surface area contributed by atoms with Crippen LogP contribution in [0.1, 0.15) is 24.8 Å². The van der Waals surface area contributed by atoms with E-state index >= 15 is 0 Å². The molecule has 2 rings (SSSR count). The second-order valence-electron chi connectivity index (χ2n) is 4.81. The molecule has 3 nitrogen and oxygen atoms in total. The molecule has 1 unspecified atom stereocenters. The first-order valence-corrected chi connectivity index (χ1v) is 7.85. The van der Waals surface area contributed by atoms with E-state index in [1.54, 1.807) is 23.5 Å². The van der Waals surface area contributed by atoms with Crippen molar-refractivity contribution in [3.05, 3.63) is 29.8 Å². The highest BCUT2D eigenvalue weighted by Gasteiger charge is 2.45. The Morgan fingerprint density at radius 1 is 1.39 bits per heavy atom. The van der Waals surface area contributed by atoms with Crippen LogP contribution in [0.5, 0.6) is 0 Å². The summed E-state index contributed by atoms with van der Waals surface area (Å²) in [5, 5.41) is 12.5. The largest absolute Gasteiger partial charge is 0.480 e. The van der Waals surface area contributed by atoms with Crippen molar-refractivity contribution < 1.29 is 9.90 Å². The summed E-state index contributed by atoms with van der Waals surface area (Å²) < 4.78 is -0.297. The van der Waals surface area contributed by atoms with E-state index in [4.69, 9.17) is 0 Å². The highest BCUT2D eigenvalue weighted by Crippen LogP contribution is 2.45. The minimum Gasteiger partial charge on any atom is -0.480 e. The van der Waals surface area contributed by atoms with Gasteiger partial charge in [-0.05, 0) is 37.8 Å². The van der Waals surface area contributed by atoms with Crippen molar-refractivity contribution in [3.8, 4) is 0 Å². The van der Waals surface area contributed by atoms with Crippen molar-refractivity contribution >= 4 is 29.5 Å². The molecular formula is C13H17NO2S2. The molecule has 0 saturated carbocycles. The molecule has 0 radical (unpaired) electrons. The summed E-state index contributed by atoms with van der Waals surface area (Å²) in [5.74, 6) is -0.782. The van der Waals surface area contributed by atoms with Crippen LogP contribution in [-0.4, -0.2) is 28.1 Å². The normalized spacial score (nSPS) is 26.2. The summed E-state index contributed by atoms with van der Waals surface area (Å²) >= 11 is 3.38. The Hall–Kier alpha value is -0.650. The number of hydrogen-bond donors (Lipinski definition) is 2. The Morgan fingerprint density at radius 2 is 2.00 bits per heavy atom. The molecule has 5 heteroatoms. The van der Waals surface area contributed by atoms with E-state index in [0.29, 0.717) is 0 Å². The zero-order chi connectivity index (χ0) is 13.3. The molecule has 0 bridgehead atoms. The average Bonchev–Trinajstić information content (AvgIpc) is 2.65. The third-order valence-electron chi connectivity index (χ3n) is 3.10. The molecular weight excluding hydrogens is 266 g/mol. The minimum absolute atomic E-state index is 0.0528. The molecule has 0 aromatic heterocycles. The Kier molecular flexibility index (Phi) is 3.94. The van der Waals surface area contributed by atoms with Crippen LogP contribution in [0.2, 0.25) is 0 Å². The average molecular weight is 283 g/mol. The zero-order valence-electron chi connectivity index (χ0n) is 10.6. The van der Waals surface area contributed by atoms with Crippen molar-refractivity contribution in [2.24, 2.45) is 0 Å². The van der Waals surface area contributed by atoms with Gasteiger partial charge in [0.2, 0.25) is 0 Å². The molecule has 1 aliphatic heterocycles. The van der Waals surface area contributed by atoms with Gasteiger partial charge in [0.25, 0.3) is 0 Å². The maximum Gasteiger partial charge on any atom is 0.322 e. The van der Waals surface area contributed by atoms with E-state index in [1.165, 1.54) is 4.90 Å². The predicted molar refractivity (Wildman–Crippen MR) is 77.2 cm³/mol. The van der Waals surface area contributed by atoms with Gasteiger partial charge in [-0.1, -0.05) is 12.1 Å². The third kappa shape index (κ3) is 2.68. The van der Waals surface area contributed by atoms with Crippen LogP contribution >= 0.6 is 23.5 Å². The van der Waals surface area contributed by atoms with E-state index in [1.807, 2.05) is 20.1 Å². The predicted octanol–water partition coefficient (Wildman–Crippen LogP) is 2.98. The number of aliphatic carboxylic acids is 1. The van der Waals surface area contributed by atoms with Crippen LogP contribution < -0.4 is 5.32 Å². The lowest BCUT2D eigenvalue weighted by molar-refractivity contribution is -0.139. The van der Waals surface area contributed by atoms with Gasteiger partial charge in [0.05, 0.1) is 5.37 Å². The molecule has 1 aromatic rings. The van der Waals surface area contributed by atoms with Crippen LogP contribution in [-0.2, 0) is 4.79 Å². The zero-order valence-corrected chi connectivity index (χ0v) is 12.3. The van der Waals surface area contributed by atoms with Crippen LogP contribution in [0.3, 0.4) is 0 Å². The molecule has 0 amide bonds. The molecule has 18 heavy (non-hydrogen) atoms. The van der Waals surface area contributed by atoms with Crippen molar-refractivity contribution in [1.82, 2.24) is 5.32 Å². The summed E-state index contributed by atoms with van der Waals surface area (Å²) in [6.07, 6.45) is 2.04. The number of hydrogen-bond acceptors (Lipinski definition) is 4. The number of carbonyl (C=O) groups is 1. The molecule has 1 aliphatic rings. The van der Waals surface area contributed by atoms with Gasteiger partial charge in [-0.3, -0.25) is 10.1 Å². The van der Waals surface area contributed by atoms with Crippen molar-refractivity contribution in [2.75, 3.05) is 6.26 Å². The summed E-state index contributed by atoms with van der Waals surface area (Å²) in [7, 11) is 0. The Bertz CT molecular complexity index is 445. The highest BCUT2D eigenvalue weighted by atomic mass is 32.2. The Morgan fingerprint density at radius 3 is 2.44 bits per heavy atom. The van der Waals surface area contributed by atoms with Gasteiger partial charge < -0.3 is 5.11 Å². The Balaban J connectivity index is 2.18. The standard InChI is InChI=1S/C13H17NO2S2/c1-13(2)10(12(15)16)14-11(18-13)8-4-6-9(17-3)7-5-8/h4-7,10-11,14H,1-3H3,(H,15,16)/t10-,11?/m0/s1. The van der Waals surface area contributed by atoms with Gasteiger partial charge in [-0.25, -0.2) is 0 Å². The maximum absolute atomic E-state index is 11.2. The number of carboxylic acids is 1. The molecule has 0 aliphatic carbocycles. The molecule has 1 fully saturated rings. The van der Waals surface area contributed by atoms with E-state index in [2.05, 4.69) is 29.6 Å². The van der Waals surface area contributed by atoms with Gasteiger partial charge in [-0.15, -0.1) is 23.5 Å². The molecule has 0 spiro atoms. The number of thioether (sulfide) groups is 2. The molecule has 1 aromatic carbocycles. The van der Waals surface area contributed by atoms with Crippen LogP contribution in [0.25, 0.3) is 0 Å². The van der Waals surface area contributed by atoms with Crippen LogP contribution in [0, 0.1) is 0 Å². The van der Waals surface area contributed by atoms with Gasteiger partial charge >= 0.3 is 5.97 Å². The monoisotopic (exact) mass is 283 g/mol. The molecule has 1 saturated heterocycles. The number of nitrogens with one attached hydrogen (secondary N) is 1. The molecule has 98 valence electrons. The van der Waals surface area contributed by atoms with Crippen molar-refractivity contribution in [2.45, 2.75) is 34.9 Å². The fraction of sp³-hybridized carbons (Fsp3) is 0.462. The topological polar surface area (TPSA) is 49.3 Å². The summed E-state index contributed by atoms with van der Waals surface area (Å²) in [4.78, 5) is 12.4. The lowest BCUT2D eigenvalue weighted by Crippen LogP contribution is -2.43. The fourth-order valence-corrected chi connectivity index (χ4v) is 3.89. The van der Waals surface area contributed by atoms with Gasteiger partial charge in [-0.2, -0.15) is 0 Å². The molecule has 2 N–H and O–H groups in total. The van der Waals surface area contributed by atoms with Crippen LogP contribution in [0.4, 0.5) is 0 Å². The van der Waals surface area contributed by atoms with Crippen molar-refractivity contribution in [1.29, 1.82) is 0 Å². The van der Waals surface area contributed by atoms with Crippen LogP contribution in [0.15, 0.2) is 29.2 Å². The van der Waals surface area contributed by atoms with E-state index in [9.17, 15) is 9.90 Å². The first kappa shape index (κ1) is 13.8. The lowest BCUT2D eigenvalue weighted by Gasteiger charge is -2.20. The first-order valence-electron chi connectivity index (χ1n) is 5.74. The second-order valence-corrected chi connectivity index (χ2v) is 7.45. The Labute approximate surface area is 116 Å². The molecule has 2 atom stereocenters. The van der Waals surface area contributed by atoms with E-state index in [0.717, 1.165) is 5.56 Å². The maximum atomic E-state index is 11.2. The number of rotatable bonds is 3. The van der Waals surface area contributed by atoms with E-state index in [-0.39, 0.29) is 10.1 Å². The first-order chi connectivity index (χ1) is 8.44. The number of carboxylic acid groups (broad SMARTS) is 1. The fourth-order valence-electron chi connectivity index (χ4n) is 2.07. The smallest absolute Gasteiger partial charge is 0.322 e. The molecule has 1 heterocycles. The third-order valence-corrected chi connectivity index (χ3v) is 5.33. The quantitative estimate of drug-likeness (QED) is 0.835. The van der Waals surface area contributed by atoms with Gasteiger partial charge in [0.1, 0.15) is 6.04 Å². The number of benzene rings is 1. The second kappa shape index (κ2) is 5.15. The SMILES string of the molecule is CSc1ccc(C2N[C@@H](C(=O)O)C(C)(C)S2)cc1. The van der Waals surface area contributed by atoms with Crippen molar-refractivity contribution in [3.63, 3.8) is 0 Å². The highest BCUT2D eigenvalue weighted by molar-refractivity contribution is 8.01. The minimum atomic E-state index is -0.782. The summed E-state index contributed by atoms with van der Waals surface area (Å²) in [6, 6.07) is 7.77. The lowest BCUT2D eigenvalue weighted by atomic mass is 10.0. The van der Waals surface area contributed by atoms with Gasteiger partial charge in [0, 0.05) is 9.64 Å². The summed E-state index contributed by atoms with van der Waals surface area (Å²) in [6.45, 7) is 3.94.